The summed E-state index contributed by atoms with van der Waals surface area (Å²) in [6, 6.07) is 5.88. The standard InChI is InChI=1S/C16H21N5O.2ClH/c1-11-8-12(2)21(19-11)15-5-4-14(10-18-15)16(22)20-7-6-17-9-13(20)3;;/h4-5,8,10,13,17H,6-7,9H2,1-3H3;2*1H/t13-;;/m0../s1. The van der Waals surface area contributed by atoms with E-state index in [9.17, 15) is 4.79 Å². The van der Waals surface area contributed by atoms with Crippen molar-refractivity contribution in [3.05, 3.63) is 41.3 Å². The van der Waals surface area contributed by atoms with Crippen molar-refractivity contribution in [2.24, 2.45) is 0 Å². The summed E-state index contributed by atoms with van der Waals surface area (Å²) in [5.41, 5.74) is 2.60. The van der Waals surface area contributed by atoms with E-state index >= 15 is 0 Å². The van der Waals surface area contributed by atoms with E-state index < -0.39 is 0 Å². The second-order valence-corrected chi connectivity index (χ2v) is 5.80. The lowest BCUT2D eigenvalue weighted by molar-refractivity contribution is 0.0655. The molecule has 1 aliphatic heterocycles. The first-order valence-electron chi connectivity index (χ1n) is 7.57. The lowest BCUT2D eigenvalue weighted by Gasteiger charge is -2.33. The van der Waals surface area contributed by atoms with E-state index in [1.807, 2.05) is 36.9 Å². The molecule has 0 unspecified atom stereocenters. The Morgan fingerprint density at radius 1 is 1.29 bits per heavy atom. The van der Waals surface area contributed by atoms with Crippen LogP contribution in [0.5, 0.6) is 0 Å². The number of amides is 1. The van der Waals surface area contributed by atoms with Crippen LogP contribution in [0.3, 0.4) is 0 Å². The summed E-state index contributed by atoms with van der Waals surface area (Å²) >= 11 is 0. The first-order valence-corrected chi connectivity index (χ1v) is 7.57. The molecule has 0 aromatic carbocycles. The molecular formula is C16H23Cl2N5O. The molecule has 1 N–H and O–H groups in total. The van der Waals surface area contributed by atoms with Crippen molar-refractivity contribution in [1.82, 2.24) is 25.0 Å². The molecule has 2 aromatic rings. The van der Waals surface area contributed by atoms with Gasteiger partial charge in [0, 0.05) is 37.6 Å². The molecule has 1 fully saturated rings. The third-order valence-corrected chi connectivity index (χ3v) is 3.98. The minimum Gasteiger partial charge on any atom is -0.333 e. The maximum absolute atomic E-state index is 12.6. The molecule has 2 aromatic heterocycles. The van der Waals surface area contributed by atoms with Gasteiger partial charge in [-0.2, -0.15) is 5.10 Å². The van der Waals surface area contributed by atoms with Crippen LogP contribution in [0, 0.1) is 13.8 Å². The molecule has 0 spiro atoms. The molecule has 1 atom stereocenters. The van der Waals surface area contributed by atoms with Gasteiger partial charge < -0.3 is 10.2 Å². The Labute approximate surface area is 154 Å². The molecular weight excluding hydrogens is 349 g/mol. The minimum absolute atomic E-state index is 0. The van der Waals surface area contributed by atoms with Gasteiger partial charge in [0.05, 0.1) is 11.3 Å². The number of hydrogen-bond acceptors (Lipinski definition) is 4. The van der Waals surface area contributed by atoms with Gasteiger partial charge in [-0.05, 0) is 39.0 Å². The molecule has 0 radical (unpaired) electrons. The van der Waals surface area contributed by atoms with Crippen molar-refractivity contribution < 1.29 is 4.79 Å². The number of nitrogens with one attached hydrogen (secondary N) is 1. The van der Waals surface area contributed by atoms with Crippen molar-refractivity contribution in [3.63, 3.8) is 0 Å². The molecule has 3 heterocycles. The fourth-order valence-corrected chi connectivity index (χ4v) is 2.81. The van der Waals surface area contributed by atoms with Gasteiger partial charge in [-0.1, -0.05) is 0 Å². The van der Waals surface area contributed by atoms with Crippen LogP contribution >= 0.6 is 24.8 Å². The number of rotatable bonds is 2. The van der Waals surface area contributed by atoms with Crippen LogP contribution in [0.1, 0.15) is 28.7 Å². The quantitative estimate of drug-likeness (QED) is 0.878. The van der Waals surface area contributed by atoms with Crippen molar-refractivity contribution >= 4 is 30.7 Å². The Balaban J connectivity index is 0.00000144. The van der Waals surface area contributed by atoms with Crippen LogP contribution in [0.25, 0.3) is 5.82 Å². The number of halogens is 2. The zero-order valence-electron chi connectivity index (χ0n) is 14.0. The van der Waals surface area contributed by atoms with E-state index in [-0.39, 0.29) is 36.8 Å². The molecule has 1 amide bonds. The Morgan fingerprint density at radius 3 is 2.58 bits per heavy atom. The number of hydrogen-bond donors (Lipinski definition) is 1. The molecule has 3 rings (SSSR count). The molecule has 0 saturated carbocycles. The van der Waals surface area contributed by atoms with Gasteiger partial charge in [0.2, 0.25) is 0 Å². The molecule has 132 valence electrons. The summed E-state index contributed by atoms with van der Waals surface area (Å²) in [4.78, 5) is 18.9. The third-order valence-electron chi connectivity index (χ3n) is 3.98. The number of carbonyl (C=O) groups excluding carboxylic acids is 1. The predicted molar refractivity (Wildman–Crippen MR) is 98.7 cm³/mol. The highest BCUT2D eigenvalue weighted by molar-refractivity contribution is 5.94. The normalized spacial score (nSPS) is 17.0. The maximum Gasteiger partial charge on any atom is 0.255 e. The monoisotopic (exact) mass is 371 g/mol. The number of aryl methyl sites for hydroxylation is 2. The summed E-state index contributed by atoms with van der Waals surface area (Å²) in [5.74, 6) is 0.775. The van der Waals surface area contributed by atoms with Gasteiger partial charge in [-0.15, -0.1) is 24.8 Å². The Bertz CT molecular complexity index is 686. The summed E-state index contributed by atoms with van der Waals surface area (Å²) < 4.78 is 1.79. The van der Waals surface area contributed by atoms with Crippen LogP contribution in [-0.4, -0.2) is 51.2 Å². The second kappa shape index (κ2) is 8.46. The van der Waals surface area contributed by atoms with E-state index in [0.717, 1.165) is 36.8 Å². The van der Waals surface area contributed by atoms with E-state index in [2.05, 4.69) is 22.3 Å². The maximum atomic E-state index is 12.6. The summed E-state index contributed by atoms with van der Waals surface area (Å²) in [5, 5.41) is 7.70. The van der Waals surface area contributed by atoms with Crippen molar-refractivity contribution in [2.45, 2.75) is 26.8 Å². The van der Waals surface area contributed by atoms with E-state index in [0.29, 0.717) is 5.56 Å². The zero-order chi connectivity index (χ0) is 15.7. The first-order chi connectivity index (χ1) is 10.6. The van der Waals surface area contributed by atoms with Crippen LogP contribution in [-0.2, 0) is 0 Å². The fraction of sp³-hybridized carbons (Fsp3) is 0.438. The summed E-state index contributed by atoms with van der Waals surface area (Å²) in [6.45, 7) is 8.41. The summed E-state index contributed by atoms with van der Waals surface area (Å²) in [7, 11) is 0. The third kappa shape index (κ3) is 4.06. The molecule has 8 heteroatoms. The van der Waals surface area contributed by atoms with Crippen molar-refractivity contribution in [2.75, 3.05) is 19.6 Å². The number of piperazine rings is 1. The molecule has 24 heavy (non-hydrogen) atoms. The Hall–Kier alpha value is -1.63. The van der Waals surface area contributed by atoms with Crippen LogP contribution in [0.15, 0.2) is 24.4 Å². The molecule has 1 saturated heterocycles. The molecule has 1 aliphatic rings. The number of carbonyl (C=O) groups is 1. The molecule has 0 bridgehead atoms. The fourth-order valence-electron chi connectivity index (χ4n) is 2.81. The van der Waals surface area contributed by atoms with E-state index in [1.54, 1.807) is 10.9 Å². The minimum atomic E-state index is 0. The van der Waals surface area contributed by atoms with Crippen LogP contribution in [0.4, 0.5) is 0 Å². The Kier molecular flexibility index (Phi) is 7.20. The number of aromatic nitrogens is 3. The van der Waals surface area contributed by atoms with E-state index in [1.165, 1.54) is 0 Å². The van der Waals surface area contributed by atoms with Crippen LogP contribution in [0.2, 0.25) is 0 Å². The van der Waals surface area contributed by atoms with Gasteiger partial charge in [0.1, 0.15) is 0 Å². The highest BCUT2D eigenvalue weighted by atomic mass is 35.5. The second-order valence-electron chi connectivity index (χ2n) is 5.80. The smallest absolute Gasteiger partial charge is 0.255 e. The van der Waals surface area contributed by atoms with E-state index in [4.69, 9.17) is 0 Å². The molecule has 0 aliphatic carbocycles. The lowest BCUT2D eigenvalue weighted by Crippen LogP contribution is -2.52. The van der Waals surface area contributed by atoms with Gasteiger partial charge in [-0.3, -0.25) is 4.79 Å². The number of nitrogens with zero attached hydrogens (tertiary/aromatic N) is 4. The average Bonchev–Trinajstić information content (AvgIpc) is 2.86. The largest absolute Gasteiger partial charge is 0.333 e. The SMILES string of the molecule is Cc1cc(C)n(-c2ccc(C(=O)N3CCNC[C@@H]3C)cn2)n1.Cl.Cl. The van der Waals surface area contributed by atoms with Gasteiger partial charge in [0.15, 0.2) is 5.82 Å². The highest BCUT2D eigenvalue weighted by Gasteiger charge is 2.24. The zero-order valence-corrected chi connectivity index (χ0v) is 15.7. The average molecular weight is 372 g/mol. The summed E-state index contributed by atoms with van der Waals surface area (Å²) in [6.07, 6.45) is 1.64. The molecule has 6 nitrogen and oxygen atoms in total. The predicted octanol–water partition coefficient (Wildman–Crippen LogP) is 2.16. The number of pyridine rings is 1. The van der Waals surface area contributed by atoms with Gasteiger partial charge in [0.25, 0.3) is 5.91 Å². The topological polar surface area (TPSA) is 63.1 Å². The van der Waals surface area contributed by atoms with Crippen molar-refractivity contribution in [1.29, 1.82) is 0 Å². The van der Waals surface area contributed by atoms with Crippen LogP contribution < -0.4 is 5.32 Å². The Morgan fingerprint density at radius 2 is 2.04 bits per heavy atom. The highest BCUT2D eigenvalue weighted by Crippen LogP contribution is 2.13. The lowest BCUT2D eigenvalue weighted by atomic mass is 10.1. The first kappa shape index (κ1) is 20.4. The van der Waals surface area contributed by atoms with Gasteiger partial charge >= 0.3 is 0 Å². The van der Waals surface area contributed by atoms with Gasteiger partial charge in [-0.25, -0.2) is 9.67 Å². The van der Waals surface area contributed by atoms with Crippen molar-refractivity contribution in [3.8, 4) is 5.82 Å².